The molecule has 3 rings (SSSR count). The Hall–Kier alpha value is -3.35. The number of hydrogen-bond acceptors (Lipinski definition) is 4. The van der Waals surface area contributed by atoms with E-state index in [2.05, 4.69) is 10.6 Å². The fourth-order valence-corrected chi connectivity index (χ4v) is 3.58. The fourth-order valence-electron chi connectivity index (χ4n) is 3.58. The molecule has 0 saturated heterocycles. The molecule has 3 N–H and O–H groups in total. The van der Waals surface area contributed by atoms with Gasteiger partial charge in [-0.15, -0.1) is 0 Å². The maximum Gasteiger partial charge on any atom is 0.307 e. The highest BCUT2D eigenvalue weighted by Gasteiger charge is 2.35. The Kier molecular flexibility index (Phi) is 6.49. The summed E-state index contributed by atoms with van der Waals surface area (Å²) >= 11 is 0. The van der Waals surface area contributed by atoms with Crippen molar-refractivity contribution in [2.24, 2.45) is 11.8 Å². The molecule has 2 aromatic carbocycles. The van der Waals surface area contributed by atoms with Crippen molar-refractivity contribution in [2.75, 3.05) is 17.7 Å². The van der Waals surface area contributed by atoms with E-state index in [0.29, 0.717) is 35.5 Å². The molecule has 0 spiro atoms. The van der Waals surface area contributed by atoms with E-state index < -0.39 is 17.8 Å². The molecule has 29 heavy (non-hydrogen) atoms. The zero-order valence-corrected chi connectivity index (χ0v) is 16.2. The van der Waals surface area contributed by atoms with Gasteiger partial charge in [0.15, 0.2) is 0 Å². The van der Waals surface area contributed by atoms with Crippen LogP contribution in [0.3, 0.4) is 0 Å². The lowest BCUT2D eigenvalue weighted by Gasteiger charge is -2.27. The van der Waals surface area contributed by atoms with Gasteiger partial charge in [0.2, 0.25) is 5.91 Å². The number of carbonyl (C=O) groups excluding carboxylic acids is 2. The molecular formula is C22H24N2O5. The van der Waals surface area contributed by atoms with Crippen LogP contribution in [0, 0.1) is 11.8 Å². The van der Waals surface area contributed by atoms with Crippen LogP contribution in [0.4, 0.5) is 11.4 Å². The van der Waals surface area contributed by atoms with Crippen LogP contribution < -0.4 is 15.4 Å². The lowest BCUT2D eigenvalue weighted by molar-refractivity contribution is -0.147. The number of hydrogen-bond donors (Lipinski definition) is 3. The first-order valence-electron chi connectivity index (χ1n) is 9.57. The van der Waals surface area contributed by atoms with Gasteiger partial charge in [-0.3, -0.25) is 14.4 Å². The van der Waals surface area contributed by atoms with E-state index in [4.69, 9.17) is 4.74 Å². The summed E-state index contributed by atoms with van der Waals surface area (Å²) < 4.78 is 5.12. The Balaban J connectivity index is 1.61. The number of ether oxygens (including phenoxy) is 1. The van der Waals surface area contributed by atoms with Crippen molar-refractivity contribution in [3.05, 3.63) is 54.1 Å². The van der Waals surface area contributed by atoms with Crippen molar-refractivity contribution in [3.63, 3.8) is 0 Å². The van der Waals surface area contributed by atoms with Gasteiger partial charge in [0, 0.05) is 16.9 Å². The molecule has 2 amide bonds. The van der Waals surface area contributed by atoms with Gasteiger partial charge in [-0.1, -0.05) is 18.9 Å². The van der Waals surface area contributed by atoms with Gasteiger partial charge in [0.1, 0.15) is 5.75 Å². The van der Waals surface area contributed by atoms with E-state index in [1.54, 1.807) is 48.5 Å². The van der Waals surface area contributed by atoms with Gasteiger partial charge in [-0.25, -0.2) is 0 Å². The van der Waals surface area contributed by atoms with Gasteiger partial charge in [0.05, 0.1) is 18.9 Å². The molecule has 7 nitrogen and oxygen atoms in total. The first-order chi connectivity index (χ1) is 14.0. The number of carboxylic acids is 1. The van der Waals surface area contributed by atoms with E-state index in [1.165, 1.54) is 7.11 Å². The molecule has 152 valence electrons. The molecule has 2 aromatic rings. The van der Waals surface area contributed by atoms with Crippen molar-refractivity contribution in [3.8, 4) is 5.75 Å². The number of rotatable bonds is 6. The zero-order valence-electron chi connectivity index (χ0n) is 16.2. The molecule has 0 aromatic heterocycles. The summed E-state index contributed by atoms with van der Waals surface area (Å²) in [6, 6.07) is 13.6. The molecule has 0 radical (unpaired) electrons. The topological polar surface area (TPSA) is 105 Å². The Morgan fingerprint density at radius 2 is 1.55 bits per heavy atom. The average molecular weight is 396 g/mol. The molecule has 0 heterocycles. The van der Waals surface area contributed by atoms with Gasteiger partial charge < -0.3 is 20.5 Å². The van der Waals surface area contributed by atoms with E-state index in [-0.39, 0.29) is 11.8 Å². The van der Waals surface area contributed by atoms with Crippen molar-refractivity contribution in [1.29, 1.82) is 0 Å². The monoisotopic (exact) mass is 396 g/mol. The predicted molar refractivity (Wildman–Crippen MR) is 109 cm³/mol. The number of carbonyl (C=O) groups is 3. The van der Waals surface area contributed by atoms with Crippen LogP contribution in [0.5, 0.6) is 5.75 Å². The maximum atomic E-state index is 12.5. The van der Waals surface area contributed by atoms with Gasteiger partial charge in [-0.05, 0) is 55.3 Å². The van der Waals surface area contributed by atoms with Gasteiger partial charge >= 0.3 is 5.97 Å². The molecule has 7 heteroatoms. The summed E-state index contributed by atoms with van der Waals surface area (Å²) in [6.45, 7) is 0. The average Bonchev–Trinajstić information content (AvgIpc) is 2.75. The molecule has 1 saturated carbocycles. The molecule has 0 unspecified atom stereocenters. The Morgan fingerprint density at radius 3 is 2.17 bits per heavy atom. The smallest absolute Gasteiger partial charge is 0.307 e. The van der Waals surface area contributed by atoms with E-state index in [9.17, 15) is 19.5 Å². The van der Waals surface area contributed by atoms with Crippen LogP contribution in [0.15, 0.2) is 48.5 Å². The number of carboxylic acid groups (broad SMARTS) is 1. The lowest BCUT2D eigenvalue weighted by atomic mass is 9.78. The highest BCUT2D eigenvalue weighted by atomic mass is 16.5. The molecule has 1 fully saturated rings. The highest BCUT2D eigenvalue weighted by molar-refractivity contribution is 6.04. The number of amides is 2. The minimum absolute atomic E-state index is 0.271. The first-order valence-corrected chi connectivity index (χ1v) is 9.57. The summed E-state index contributed by atoms with van der Waals surface area (Å²) in [5.74, 6) is -2.02. The number of aliphatic carboxylic acids is 1. The second-order valence-electron chi connectivity index (χ2n) is 7.09. The molecule has 1 aliphatic carbocycles. The quantitative estimate of drug-likeness (QED) is 0.689. The Bertz CT molecular complexity index is 894. The largest absolute Gasteiger partial charge is 0.497 e. The van der Waals surface area contributed by atoms with Gasteiger partial charge in [0.25, 0.3) is 5.91 Å². The van der Waals surface area contributed by atoms with Crippen LogP contribution in [-0.2, 0) is 9.59 Å². The second-order valence-corrected chi connectivity index (χ2v) is 7.09. The minimum Gasteiger partial charge on any atom is -0.497 e. The number of benzene rings is 2. The van der Waals surface area contributed by atoms with Crippen molar-refractivity contribution in [2.45, 2.75) is 25.7 Å². The predicted octanol–water partition coefficient (Wildman–Crippen LogP) is 3.78. The van der Waals surface area contributed by atoms with E-state index in [0.717, 1.165) is 12.8 Å². The summed E-state index contributed by atoms with van der Waals surface area (Å²) in [6.07, 6.45) is 2.81. The molecular weight excluding hydrogens is 372 g/mol. The highest BCUT2D eigenvalue weighted by Crippen LogP contribution is 2.31. The van der Waals surface area contributed by atoms with Crippen LogP contribution >= 0.6 is 0 Å². The van der Waals surface area contributed by atoms with Crippen molar-refractivity contribution >= 4 is 29.2 Å². The third kappa shape index (κ3) is 5.13. The third-order valence-corrected chi connectivity index (χ3v) is 5.16. The van der Waals surface area contributed by atoms with Gasteiger partial charge in [-0.2, -0.15) is 0 Å². The summed E-state index contributed by atoms with van der Waals surface area (Å²) in [5.41, 5.74) is 1.61. The van der Waals surface area contributed by atoms with Crippen LogP contribution in [-0.4, -0.2) is 30.0 Å². The molecule has 2 atom stereocenters. The summed E-state index contributed by atoms with van der Waals surface area (Å²) in [4.78, 5) is 36.3. The lowest BCUT2D eigenvalue weighted by Crippen LogP contribution is -2.36. The first kappa shape index (κ1) is 20.4. The van der Waals surface area contributed by atoms with Crippen LogP contribution in [0.2, 0.25) is 0 Å². The van der Waals surface area contributed by atoms with E-state index in [1.807, 2.05) is 0 Å². The Morgan fingerprint density at radius 1 is 0.931 bits per heavy atom. The molecule has 0 bridgehead atoms. The van der Waals surface area contributed by atoms with Crippen LogP contribution in [0.1, 0.15) is 36.0 Å². The molecule has 1 aliphatic rings. The second kappa shape index (κ2) is 9.23. The minimum atomic E-state index is -0.916. The summed E-state index contributed by atoms with van der Waals surface area (Å²) in [7, 11) is 1.54. The maximum absolute atomic E-state index is 12.5. The Labute approximate surface area is 169 Å². The zero-order chi connectivity index (χ0) is 20.8. The van der Waals surface area contributed by atoms with E-state index >= 15 is 0 Å². The number of methoxy groups -OCH3 is 1. The fraction of sp³-hybridized carbons (Fsp3) is 0.318. The van der Waals surface area contributed by atoms with Crippen molar-refractivity contribution in [1.82, 2.24) is 0 Å². The SMILES string of the molecule is COc1cccc(C(=O)Nc2ccc(NC(=O)[C@@H]3CCCC[C@@H]3C(=O)O)cc2)c1. The van der Waals surface area contributed by atoms with Crippen LogP contribution in [0.25, 0.3) is 0 Å². The standard InChI is InChI=1S/C22H24N2O5/c1-29-17-6-4-5-14(13-17)20(25)23-15-9-11-16(12-10-15)24-21(26)18-7-2-3-8-19(18)22(27)28/h4-6,9-13,18-19H,2-3,7-8H2,1H3,(H,23,25)(H,24,26)(H,27,28)/t18-,19+/m1/s1. The molecule has 0 aliphatic heterocycles. The van der Waals surface area contributed by atoms with Crippen molar-refractivity contribution < 1.29 is 24.2 Å². The number of nitrogens with one attached hydrogen (secondary N) is 2. The normalized spacial score (nSPS) is 18.5. The third-order valence-electron chi connectivity index (χ3n) is 5.16. The summed E-state index contributed by atoms with van der Waals surface area (Å²) in [5, 5.41) is 14.9. The number of anilines is 2.